The van der Waals surface area contributed by atoms with Crippen LogP contribution in [0.2, 0.25) is 0 Å². The van der Waals surface area contributed by atoms with E-state index in [2.05, 4.69) is 53.8 Å². The molecule has 0 atom stereocenters. The topological polar surface area (TPSA) is 38.3 Å². The van der Waals surface area contributed by atoms with Crippen LogP contribution in [0.5, 0.6) is 0 Å². The molecule has 1 saturated carbocycles. The fourth-order valence-electron chi connectivity index (χ4n) is 4.02. The van der Waals surface area contributed by atoms with Crippen molar-refractivity contribution in [1.82, 2.24) is 5.32 Å². The van der Waals surface area contributed by atoms with Crippen LogP contribution in [0.15, 0.2) is 48.5 Å². The van der Waals surface area contributed by atoms with Gasteiger partial charge in [-0.25, -0.2) is 0 Å². The number of hydrogen-bond acceptors (Lipinski definition) is 3. The van der Waals surface area contributed by atoms with Gasteiger partial charge in [-0.2, -0.15) is 0 Å². The summed E-state index contributed by atoms with van der Waals surface area (Å²) in [7, 11) is 0. The van der Waals surface area contributed by atoms with Crippen molar-refractivity contribution in [3.05, 3.63) is 59.7 Å². The minimum Gasteiger partial charge on any atom is -0.464 e. The molecule has 1 fully saturated rings. The number of carbonyl (C=O) groups is 1. The Bertz CT molecular complexity index is 689. The lowest BCUT2D eigenvalue weighted by Gasteiger charge is -2.15. The summed E-state index contributed by atoms with van der Waals surface area (Å²) >= 11 is 0. The van der Waals surface area contributed by atoms with Crippen LogP contribution >= 0.6 is 0 Å². The summed E-state index contributed by atoms with van der Waals surface area (Å²) in [6.45, 7) is 0.736. The van der Waals surface area contributed by atoms with E-state index in [4.69, 9.17) is 4.74 Å². The molecule has 0 unspecified atom stereocenters. The Morgan fingerprint density at radius 3 is 2.17 bits per heavy atom. The van der Waals surface area contributed by atoms with E-state index in [1.54, 1.807) is 0 Å². The molecular weight excluding hydrogens is 298 g/mol. The van der Waals surface area contributed by atoms with Crippen LogP contribution in [0.1, 0.15) is 42.7 Å². The van der Waals surface area contributed by atoms with Crippen molar-refractivity contribution in [1.29, 1.82) is 0 Å². The fraction of sp³-hybridized carbons (Fsp3) is 0.381. The summed E-state index contributed by atoms with van der Waals surface area (Å²) in [6, 6.07) is 17.3. The average molecular weight is 321 g/mol. The van der Waals surface area contributed by atoms with Crippen LogP contribution < -0.4 is 5.32 Å². The van der Waals surface area contributed by atoms with Gasteiger partial charge in [0.15, 0.2) is 0 Å². The van der Waals surface area contributed by atoms with Gasteiger partial charge >= 0.3 is 5.97 Å². The molecule has 3 heteroatoms. The molecule has 0 bridgehead atoms. The normalized spacial score (nSPS) is 16.8. The van der Waals surface area contributed by atoms with E-state index in [0.29, 0.717) is 19.2 Å². The number of ether oxygens (including phenoxy) is 1. The van der Waals surface area contributed by atoms with E-state index in [0.717, 1.165) is 0 Å². The summed E-state index contributed by atoms with van der Waals surface area (Å²) in [4.78, 5) is 12.1. The van der Waals surface area contributed by atoms with Crippen LogP contribution in [-0.2, 0) is 9.53 Å². The third-order valence-electron chi connectivity index (χ3n) is 5.26. The highest BCUT2D eigenvalue weighted by Crippen LogP contribution is 2.44. The molecule has 2 aromatic rings. The van der Waals surface area contributed by atoms with E-state index in [1.165, 1.54) is 47.9 Å². The molecule has 0 aromatic heterocycles. The first-order chi connectivity index (χ1) is 11.8. The van der Waals surface area contributed by atoms with Gasteiger partial charge in [-0.1, -0.05) is 61.4 Å². The second-order valence-electron chi connectivity index (χ2n) is 6.77. The lowest BCUT2D eigenvalue weighted by molar-refractivity contribution is -0.142. The molecule has 4 rings (SSSR count). The minimum absolute atomic E-state index is 0.146. The maximum absolute atomic E-state index is 12.1. The molecule has 0 amide bonds. The molecule has 3 nitrogen and oxygen atoms in total. The molecule has 0 spiro atoms. The van der Waals surface area contributed by atoms with E-state index in [1.807, 2.05) is 0 Å². The summed E-state index contributed by atoms with van der Waals surface area (Å²) in [5.74, 6) is -0.00315. The fourth-order valence-corrected chi connectivity index (χ4v) is 4.02. The number of rotatable bonds is 5. The number of fused-ring (bicyclic) bond motifs is 3. The first-order valence-corrected chi connectivity index (χ1v) is 8.90. The summed E-state index contributed by atoms with van der Waals surface area (Å²) < 4.78 is 5.60. The third kappa shape index (κ3) is 2.96. The van der Waals surface area contributed by atoms with Gasteiger partial charge in [0.25, 0.3) is 0 Å². The number of hydrogen-bond donors (Lipinski definition) is 1. The van der Waals surface area contributed by atoms with Crippen LogP contribution in [0.3, 0.4) is 0 Å². The summed E-state index contributed by atoms with van der Waals surface area (Å²) in [5, 5.41) is 3.32. The molecule has 0 heterocycles. The van der Waals surface area contributed by atoms with Gasteiger partial charge in [0.05, 0.1) is 6.54 Å². The molecule has 124 valence electrons. The summed E-state index contributed by atoms with van der Waals surface area (Å²) in [6.07, 6.45) is 4.89. The van der Waals surface area contributed by atoms with Crippen LogP contribution in [0.4, 0.5) is 0 Å². The largest absolute Gasteiger partial charge is 0.464 e. The van der Waals surface area contributed by atoms with Gasteiger partial charge in [0, 0.05) is 12.0 Å². The van der Waals surface area contributed by atoms with Crippen molar-refractivity contribution >= 4 is 5.97 Å². The molecule has 0 aliphatic heterocycles. The summed E-state index contributed by atoms with van der Waals surface area (Å²) in [5.41, 5.74) is 5.04. The molecule has 0 saturated heterocycles. The molecule has 2 aliphatic carbocycles. The van der Waals surface area contributed by atoms with Gasteiger partial charge in [-0.05, 0) is 35.1 Å². The SMILES string of the molecule is O=C(CNC1CCCC1)OCC1c2ccccc2-c2ccccc21. The molecule has 0 radical (unpaired) electrons. The second-order valence-corrected chi connectivity index (χ2v) is 6.77. The lowest BCUT2D eigenvalue weighted by Crippen LogP contribution is -2.33. The minimum atomic E-state index is -0.149. The number of esters is 1. The van der Waals surface area contributed by atoms with Crippen molar-refractivity contribution in [2.75, 3.05) is 13.2 Å². The maximum Gasteiger partial charge on any atom is 0.319 e. The van der Waals surface area contributed by atoms with Crippen molar-refractivity contribution in [3.8, 4) is 11.1 Å². The Balaban J connectivity index is 1.42. The highest BCUT2D eigenvalue weighted by Gasteiger charge is 2.29. The Morgan fingerprint density at radius 1 is 0.958 bits per heavy atom. The number of carbonyl (C=O) groups excluding carboxylic acids is 1. The zero-order valence-electron chi connectivity index (χ0n) is 13.8. The Morgan fingerprint density at radius 2 is 1.54 bits per heavy atom. The van der Waals surface area contributed by atoms with Gasteiger partial charge in [-0.15, -0.1) is 0 Å². The first-order valence-electron chi connectivity index (χ1n) is 8.90. The predicted molar refractivity (Wildman–Crippen MR) is 94.9 cm³/mol. The van der Waals surface area contributed by atoms with Crippen molar-refractivity contribution in [3.63, 3.8) is 0 Å². The number of nitrogens with one attached hydrogen (secondary N) is 1. The standard InChI is InChI=1S/C21H23NO2/c23-21(13-22-15-7-1-2-8-15)24-14-20-18-11-5-3-9-16(18)17-10-4-6-12-19(17)20/h3-6,9-12,15,20,22H,1-2,7-8,13-14H2. The molecule has 1 N–H and O–H groups in total. The van der Waals surface area contributed by atoms with Crippen LogP contribution in [0, 0.1) is 0 Å². The van der Waals surface area contributed by atoms with E-state index in [9.17, 15) is 4.79 Å². The average Bonchev–Trinajstić information content (AvgIpc) is 3.25. The molecular formula is C21H23NO2. The van der Waals surface area contributed by atoms with Gasteiger partial charge < -0.3 is 10.1 Å². The van der Waals surface area contributed by atoms with Crippen LogP contribution in [-0.4, -0.2) is 25.2 Å². The quantitative estimate of drug-likeness (QED) is 0.850. The molecule has 2 aliphatic rings. The van der Waals surface area contributed by atoms with Gasteiger partial charge in [-0.3, -0.25) is 4.79 Å². The van der Waals surface area contributed by atoms with E-state index in [-0.39, 0.29) is 11.9 Å². The molecule has 24 heavy (non-hydrogen) atoms. The van der Waals surface area contributed by atoms with Crippen molar-refractivity contribution < 1.29 is 9.53 Å². The first kappa shape index (κ1) is 15.4. The van der Waals surface area contributed by atoms with E-state index >= 15 is 0 Å². The Hall–Kier alpha value is -2.13. The maximum atomic E-state index is 12.1. The predicted octanol–water partition coefficient (Wildman–Crippen LogP) is 3.87. The Labute approximate surface area is 143 Å². The second kappa shape index (κ2) is 6.78. The zero-order chi connectivity index (χ0) is 16.4. The van der Waals surface area contributed by atoms with Gasteiger partial charge in [0.2, 0.25) is 0 Å². The third-order valence-corrected chi connectivity index (χ3v) is 5.26. The highest BCUT2D eigenvalue weighted by atomic mass is 16.5. The van der Waals surface area contributed by atoms with Crippen LogP contribution in [0.25, 0.3) is 11.1 Å². The zero-order valence-corrected chi connectivity index (χ0v) is 13.8. The van der Waals surface area contributed by atoms with E-state index < -0.39 is 0 Å². The smallest absolute Gasteiger partial charge is 0.319 e. The van der Waals surface area contributed by atoms with Gasteiger partial charge in [0.1, 0.15) is 6.61 Å². The molecule has 2 aromatic carbocycles. The van der Waals surface area contributed by atoms with Crippen molar-refractivity contribution in [2.45, 2.75) is 37.6 Å². The monoisotopic (exact) mass is 321 g/mol. The lowest BCUT2D eigenvalue weighted by atomic mass is 9.98. The van der Waals surface area contributed by atoms with Crippen molar-refractivity contribution in [2.24, 2.45) is 0 Å². The number of benzene rings is 2. The Kier molecular flexibility index (Phi) is 4.35. The highest BCUT2D eigenvalue weighted by molar-refractivity contribution is 5.79.